The van der Waals surface area contributed by atoms with Crippen LogP contribution in [0.15, 0.2) is 22.7 Å². The molecule has 0 saturated carbocycles. The van der Waals surface area contributed by atoms with Gasteiger partial charge in [-0.3, -0.25) is 4.90 Å². The average molecular weight is 341 g/mol. The standard InChI is InChI=1S/C15H21BrN2O2/c1-10-7-18(9-14(10)17(2)3)8-12-5-4-11(15(19)20)6-13(12)16/h4-6,10,14H,7-9H2,1-3H3,(H,19,20). The number of benzene rings is 1. The topological polar surface area (TPSA) is 43.8 Å². The molecule has 1 aliphatic rings. The highest BCUT2D eigenvalue weighted by Gasteiger charge is 2.30. The maximum atomic E-state index is 10.9. The molecule has 1 heterocycles. The molecule has 0 amide bonds. The molecule has 1 N–H and O–H groups in total. The lowest BCUT2D eigenvalue weighted by Gasteiger charge is -2.22. The van der Waals surface area contributed by atoms with E-state index in [-0.39, 0.29) is 0 Å². The van der Waals surface area contributed by atoms with E-state index < -0.39 is 5.97 Å². The molecule has 2 unspecified atom stereocenters. The second kappa shape index (κ2) is 6.24. The van der Waals surface area contributed by atoms with Gasteiger partial charge in [0.2, 0.25) is 0 Å². The van der Waals surface area contributed by atoms with E-state index in [1.165, 1.54) is 0 Å². The smallest absolute Gasteiger partial charge is 0.335 e. The number of aromatic carboxylic acids is 1. The first-order valence-electron chi connectivity index (χ1n) is 6.79. The third kappa shape index (κ3) is 3.40. The molecule has 1 aromatic carbocycles. The van der Waals surface area contributed by atoms with Gasteiger partial charge in [0.05, 0.1) is 5.56 Å². The van der Waals surface area contributed by atoms with Crippen LogP contribution >= 0.6 is 15.9 Å². The second-order valence-electron chi connectivity index (χ2n) is 5.81. The Morgan fingerprint density at radius 1 is 1.45 bits per heavy atom. The Morgan fingerprint density at radius 2 is 2.15 bits per heavy atom. The van der Waals surface area contributed by atoms with Crippen LogP contribution in [0.1, 0.15) is 22.8 Å². The van der Waals surface area contributed by atoms with Crippen LogP contribution in [0.4, 0.5) is 0 Å². The molecule has 4 nitrogen and oxygen atoms in total. The number of nitrogens with zero attached hydrogens (tertiary/aromatic N) is 2. The number of carboxylic acid groups (broad SMARTS) is 1. The Kier molecular flexibility index (Phi) is 4.83. The Labute approximate surface area is 128 Å². The Hall–Kier alpha value is -0.910. The lowest BCUT2D eigenvalue weighted by atomic mass is 10.1. The number of likely N-dealkylation sites (tertiary alicyclic amines) is 1. The molecule has 5 heteroatoms. The first-order chi connectivity index (χ1) is 9.38. The number of halogens is 1. The van der Waals surface area contributed by atoms with Crippen molar-refractivity contribution in [2.45, 2.75) is 19.5 Å². The maximum Gasteiger partial charge on any atom is 0.335 e. The number of hydrogen-bond donors (Lipinski definition) is 1. The van der Waals surface area contributed by atoms with Gasteiger partial charge >= 0.3 is 5.97 Å². The van der Waals surface area contributed by atoms with Crippen LogP contribution in [0, 0.1) is 5.92 Å². The molecule has 1 saturated heterocycles. The predicted molar refractivity (Wildman–Crippen MR) is 83.0 cm³/mol. The normalized spacial score (nSPS) is 23.4. The van der Waals surface area contributed by atoms with Gasteiger partial charge in [-0.25, -0.2) is 4.79 Å². The lowest BCUT2D eigenvalue weighted by molar-refractivity contribution is 0.0697. The minimum absolute atomic E-state index is 0.321. The third-order valence-corrected chi connectivity index (χ3v) is 4.74. The van der Waals surface area contributed by atoms with E-state index >= 15 is 0 Å². The van der Waals surface area contributed by atoms with E-state index in [0.29, 0.717) is 17.5 Å². The van der Waals surface area contributed by atoms with Crippen LogP contribution in [-0.4, -0.2) is 54.1 Å². The largest absolute Gasteiger partial charge is 0.478 e. The Bertz CT molecular complexity index is 505. The first-order valence-corrected chi connectivity index (χ1v) is 7.58. The number of carbonyl (C=O) groups is 1. The number of carboxylic acids is 1. The highest BCUT2D eigenvalue weighted by atomic mass is 79.9. The third-order valence-electron chi connectivity index (χ3n) is 4.01. The fourth-order valence-corrected chi connectivity index (χ4v) is 3.40. The summed E-state index contributed by atoms with van der Waals surface area (Å²) in [5.74, 6) is -0.234. The molecule has 2 rings (SSSR count). The summed E-state index contributed by atoms with van der Waals surface area (Å²) in [6.07, 6.45) is 0. The highest BCUT2D eigenvalue weighted by Crippen LogP contribution is 2.25. The molecule has 2 atom stereocenters. The van der Waals surface area contributed by atoms with Crippen molar-refractivity contribution in [3.63, 3.8) is 0 Å². The van der Waals surface area contributed by atoms with Crippen LogP contribution < -0.4 is 0 Å². The van der Waals surface area contributed by atoms with Gasteiger partial charge < -0.3 is 10.0 Å². The molecule has 0 radical (unpaired) electrons. The summed E-state index contributed by atoms with van der Waals surface area (Å²) >= 11 is 3.48. The minimum Gasteiger partial charge on any atom is -0.478 e. The quantitative estimate of drug-likeness (QED) is 0.914. The van der Waals surface area contributed by atoms with Crippen LogP contribution in [-0.2, 0) is 6.54 Å². The van der Waals surface area contributed by atoms with Gasteiger partial charge in [-0.1, -0.05) is 28.9 Å². The Morgan fingerprint density at radius 3 is 2.65 bits per heavy atom. The SMILES string of the molecule is CC1CN(Cc2ccc(C(=O)O)cc2Br)CC1N(C)C. The van der Waals surface area contributed by atoms with E-state index in [0.717, 1.165) is 29.7 Å². The number of rotatable bonds is 4. The fourth-order valence-electron chi connectivity index (χ4n) is 2.90. The van der Waals surface area contributed by atoms with Crippen molar-refractivity contribution >= 4 is 21.9 Å². The molecule has 1 aliphatic heterocycles. The summed E-state index contributed by atoms with van der Waals surface area (Å²) in [5, 5.41) is 8.98. The van der Waals surface area contributed by atoms with Crippen molar-refractivity contribution in [3.8, 4) is 0 Å². The van der Waals surface area contributed by atoms with Crippen LogP contribution in [0.25, 0.3) is 0 Å². The highest BCUT2D eigenvalue weighted by molar-refractivity contribution is 9.10. The molecule has 20 heavy (non-hydrogen) atoms. The number of hydrogen-bond acceptors (Lipinski definition) is 3. The zero-order valence-electron chi connectivity index (χ0n) is 12.1. The molecule has 1 aromatic rings. The number of likely N-dealkylation sites (N-methyl/N-ethyl adjacent to an activating group) is 1. The zero-order valence-corrected chi connectivity index (χ0v) is 13.7. The van der Waals surface area contributed by atoms with Crippen molar-refractivity contribution in [1.82, 2.24) is 9.80 Å². The summed E-state index contributed by atoms with van der Waals surface area (Å²) in [4.78, 5) is 15.6. The van der Waals surface area contributed by atoms with E-state index in [1.54, 1.807) is 12.1 Å². The molecule has 0 spiro atoms. The van der Waals surface area contributed by atoms with Crippen molar-refractivity contribution in [1.29, 1.82) is 0 Å². The van der Waals surface area contributed by atoms with Crippen LogP contribution in [0.3, 0.4) is 0 Å². The Balaban J connectivity index is 2.06. The molecule has 0 aliphatic carbocycles. The van der Waals surface area contributed by atoms with Gasteiger partial charge in [0.1, 0.15) is 0 Å². The molecule has 0 aromatic heterocycles. The average Bonchev–Trinajstić information content (AvgIpc) is 2.73. The predicted octanol–water partition coefficient (Wildman–Crippen LogP) is 2.53. The van der Waals surface area contributed by atoms with Gasteiger partial charge in [0, 0.05) is 30.1 Å². The minimum atomic E-state index is -0.889. The lowest BCUT2D eigenvalue weighted by Crippen LogP contribution is -2.34. The van der Waals surface area contributed by atoms with Crippen molar-refractivity contribution in [2.75, 3.05) is 27.2 Å². The molecule has 0 bridgehead atoms. The fraction of sp³-hybridized carbons (Fsp3) is 0.533. The van der Waals surface area contributed by atoms with Crippen molar-refractivity contribution in [2.24, 2.45) is 5.92 Å². The summed E-state index contributed by atoms with van der Waals surface area (Å²) in [6, 6.07) is 5.85. The first kappa shape index (κ1) is 15.5. The van der Waals surface area contributed by atoms with Gasteiger partial charge in [-0.05, 0) is 37.7 Å². The second-order valence-corrected chi connectivity index (χ2v) is 6.67. The van der Waals surface area contributed by atoms with Crippen molar-refractivity contribution in [3.05, 3.63) is 33.8 Å². The van der Waals surface area contributed by atoms with Crippen LogP contribution in [0.2, 0.25) is 0 Å². The summed E-state index contributed by atoms with van der Waals surface area (Å²) in [7, 11) is 4.25. The van der Waals surface area contributed by atoms with Gasteiger partial charge in [-0.15, -0.1) is 0 Å². The summed E-state index contributed by atoms with van der Waals surface area (Å²) in [5.41, 5.74) is 1.46. The van der Waals surface area contributed by atoms with Gasteiger partial charge in [0.25, 0.3) is 0 Å². The summed E-state index contributed by atoms with van der Waals surface area (Å²) in [6.45, 7) is 5.28. The molecule has 1 fully saturated rings. The van der Waals surface area contributed by atoms with Gasteiger partial charge in [0.15, 0.2) is 0 Å². The van der Waals surface area contributed by atoms with E-state index in [2.05, 4.69) is 46.7 Å². The van der Waals surface area contributed by atoms with E-state index in [1.807, 2.05) is 6.07 Å². The van der Waals surface area contributed by atoms with Gasteiger partial charge in [-0.2, -0.15) is 0 Å². The van der Waals surface area contributed by atoms with Crippen LogP contribution in [0.5, 0.6) is 0 Å². The van der Waals surface area contributed by atoms with E-state index in [4.69, 9.17) is 5.11 Å². The summed E-state index contributed by atoms with van der Waals surface area (Å²) < 4.78 is 0.873. The van der Waals surface area contributed by atoms with E-state index in [9.17, 15) is 4.79 Å². The molecule has 110 valence electrons. The molecular formula is C15H21BrN2O2. The van der Waals surface area contributed by atoms with Crippen molar-refractivity contribution < 1.29 is 9.90 Å². The monoisotopic (exact) mass is 340 g/mol. The maximum absolute atomic E-state index is 10.9. The molecular weight excluding hydrogens is 320 g/mol. The zero-order chi connectivity index (χ0) is 14.9.